The summed E-state index contributed by atoms with van der Waals surface area (Å²) in [4.78, 5) is 9.42. The summed E-state index contributed by atoms with van der Waals surface area (Å²) in [7, 11) is 0. The zero-order valence-electron chi connectivity index (χ0n) is 11.0. The standard InChI is InChI=1S/C15H22N2/c1-3-6-12-9-10-13(14-8-5-11-16-14)15(17-12)7-4-2/h9-10H,3-8,11H2,1-2H3. The second-order valence-corrected chi connectivity index (χ2v) is 4.73. The molecule has 0 fully saturated rings. The summed E-state index contributed by atoms with van der Waals surface area (Å²) in [5.74, 6) is 0. The van der Waals surface area contributed by atoms with Gasteiger partial charge in [0.2, 0.25) is 0 Å². The zero-order chi connectivity index (χ0) is 12.1. The van der Waals surface area contributed by atoms with Crippen LogP contribution in [-0.4, -0.2) is 17.2 Å². The number of aromatic nitrogens is 1. The van der Waals surface area contributed by atoms with E-state index in [4.69, 9.17) is 4.98 Å². The van der Waals surface area contributed by atoms with Crippen molar-refractivity contribution in [3.63, 3.8) is 0 Å². The van der Waals surface area contributed by atoms with E-state index in [1.165, 1.54) is 35.5 Å². The van der Waals surface area contributed by atoms with Crippen molar-refractivity contribution in [1.29, 1.82) is 0 Å². The molecule has 0 bridgehead atoms. The molecule has 0 spiro atoms. The molecule has 1 aromatic heterocycles. The van der Waals surface area contributed by atoms with E-state index in [0.29, 0.717) is 0 Å². The molecule has 1 aliphatic rings. The van der Waals surface area contributed by atoms with Gasteiger partial charge >= 0.3 is 0 Å². The van der Waals surface area contributed by atoms with Gasteiger partial charge in [0.05, 0.1) is 0 Å². The summed E-state index contributed by atoms with van der Waals surface area (Å²) in [6, 6.07) is 4.42. The SMILES string of the molecule is CCCc1ccc(C2=NCCC2)c(CCC)n1. The third-order valence-corrected chi connectivity index (χ3v) is 3.21. The maximum absolute atomic E-state index is 4.82. The average Bonchev–Trinajstić information content (AvgIpc) is 2.84. The molecule has 2 heteroatoms. The highest BCUT2D eigenvalue weighted by Gasteiger charge is 2.14. The Bertz CT molecular complexity index is 407. The van der Waals surface area contributed by atoms with Crippen molar-refractivity contribution in [2.24, 2.45) is 4.99 Å². The van der Waals surface area contributed by atoms with Gasteiger partial charge in [0.25, 0.3) is 0 Å². The molecule has 0 unspecified atom stereocenters. The molecule has 92 valence electrons. The number of rotatable bonds is 5. The van der Waals surface area contributed by atoms with Crippen LogP contribution in [0.25, 0.3) is 0 Å². The molecule has 0 aliphatic carbocycles. The van der Waals surface area contributed by atoms with Gasteiger partial charge in [-0.15, -0.1) is 0 Å². The van der Waals surface area contributed by atoms with E-state index in [1.54, 1.807) is 0 Å². The van der Waals surface area contributed by atoms with Crippen molar-refractivity contribution >= 4 is 5.71 Å². The van der Waals surface area contributed by atoms with Gasteiger partial charge in [0, 0.05) is 29.2 Å². The fourth-order valence-electron chi connectivity index (χ4n) is 2.39. The normalized spacial score (nSPS) is 15.1. The van der Waals surface area contributed by atoms with Crippen LogP contribution in [0.3, 0.4) is 0 Å². The highest BCUT2D eigenvalue weighted by atomic mass is 14.8. The topological polar surface area (TPSA) is 25.2 Å². The molecule has 0 radical (unpaired) electrons. The molecule has 2 nitrogen and oxygen atoms in total. The molecule has 0 saturated carbocycles. The Labute approximate surface area is 104 Å². The summed E-state index contributed by atoms with van der Waals surface area (Å²) in [6.07, 6.45) is 6.82. The second kappa shape index (κ2) is 5.95. The van der Waals surface area contributed by atoms with Crippen molar-refractivity contribution < 1.29 is 0 Å². The molecule has 0 N–H and O–H groups in total. The Morgan fingerprint density at radius 1 is 1.12 bits per heavy atom. The Hall–Kier alpha value is -1.18. The van der Waals surface area contributed by atoms with Crippen LogP contribution < -0.4 is 0 Å². The highest BCUT2D eigenvalue weighted by Crippen LogP contribution is 2.18. The minimum atomic E-state index is 0.998. The van der Waals surface area contributed by atoms with Crippen LogP contribution in [0.5, 0.6) is 0 Å². The van der Waals surface area contributed by atoms with Crippen molar-refractivity contribution in [2.45, 2.75) is 52.4 Å². The lowest BCUT2D eigenvalue weighted by Gasteiger charge is -2.10. The molecule has 0 aromatic carbocycles. The number of hydrogen-bond donors (Lipinski definition) is 0. The van der Waals surface area contributed by atoms with Crippen LogP contribution in [0, 0.1) is 0 Å². The van der Waals surface area contributed by atoms with Gasteiger partial charge in [0.1, 0.15) is 0 Å². The largest absolute Gasteiger partial charge is 0.289 e. The first-order chi connectivity index (χ1) is 8.35. The smallest absolute Gasteiger partial charge is 0.0497 e. The van der Waals surface area contributed by atoms with E-state index < -0.39 is 0 Å². The molecule has 0 amide bonds. The maximum Gasteiger partial charge on any atom is 0.0497 e. The monoisotopic (exact) mass is 230 g/mol. The predicted octanol–water partition coefficient (Wildman–Crippen LogP) is 3.57. The molecular formula is C15H22N2. The van der Waals surface area contributed by atoms with E-state index in [2.05, 4.69) is 31.0 Å². The number of pyridine rings is 1. The molecule has 1 aliphatic heterocycles. The number of aryl methyl sites for hydroxylation is 2. The summed E-state index contributed by atoms with van der Waals surface area (Å²) < 4.78 is 0. The average molecular weight is 230 g/mol. The maximum atomic E-state index is 4.82. The minimum absolute atomic E-state index is 0.998. The van der Waals surface area contributed by atoms with Gasteiger partial charge in [-0.1, -0.05) is 26.7 Å². The van der Waals surface area contributed by atoms with Crippen LogP contribution in [-0.2, 0) is 12.8 Å². The second-order valence-electron chi connectivity index (χ2n) is 4.73. The lowest BCUT2D eigenvalue weighted by atomic mass is 10.0. The van der Waals surface area contributed by atoms with Crippen LogP contribution >= 0.6 is 0 Å². The van der Waals surface area contributed by atoms with Crippen molar-refractivity contribution in [3.05, 3.63) is 29.1 Å². The summed E-state index contributed by atoms with van der Waals surface area (Å²) in [5.41, 5.74) is 5.09. The van der Waals surface area contributed by atoms with Gasteiger partial charge < -0.3 is 0 Å². The Morgan fingerprint density at radius 2 is 1.94 bits per heavy atom. The quantitative estimate of drug-likeness (QED) is 0.759. The first-order valence-corrected chi connectivity index (χ1v) is 6.87. The third kappa shape index (κ3) is 2.93. The summed E-state index contributed by atoms with van der Waals surface area (Å²) >= 11 is 0. The van der Waals surface area contributed by atoms with Gasteiger partial charge in [-0.25, -0.2) is 0 Å². The lowest BCUT2D eigenvalue weighted by Crippen LogP contribution is -2.06. The van der Waals surface area contributed by atoms with Crippen molar-refractivity contribution in [3.8, 4) is 0 Å². The van der Waals surface area contributed by atoms with Crippen LogP contribution in [0.2, 0.25) is 0 Å². The van der Waals surface area contributed by atoms with E-state index in [9.17, 15) is 0 Å². The lowest BCUT2D eigenvalue weighted by molar-refractivity contribution is 0.828. The molecule has 17 heavy (non-hydrogen) atoms. The van der Waals surface area contributed by atoms with Crippen LogP contribution in [0.1, 0.15) is 56.5 Å². The fraction of sp³-hybridized carbons (Fsp3) is 0.600. The Kier molecular flexibility index (Phi) is 4.29. The molecule has 2 heterocycles. The summed E-state index contributed by atoms with van der Waals surface area (Å²) in [5, 5.41) is 0. The summed E-state index contributed by atoms with van der Waals surface area (Å²) in [6.45, 7) is 5.42. The van der Waals surface area contributed by atoms with E-state index in [-0.39, 0.29) is 0 Å². The molecule has 2 rings (SSSR count). The first kappa shape index (κ1) is 12.3. The van der Waals surface area contributed by atoms with Gasteiger partial charge in [-0.3, -0.25) is 9.98 Å². The molecule has 0 atom stereocenters. The Morgan fingerprint density at radius 3 is 2.59 bits per heavy atom. The van der Waals surface area contributed by atoms with Crippen LogP contribution in [0.4, 0.5) is 0 Å². The third-order valence-electron chi connectivity index (χ3n) is 3.21. The Balaban J connectivity index is 2.30. The van der Waals surface area contributed by atoms with Gasteiger partial charge in [0.15, 0.2) is 0 Å². The van der Waals surface area contributed by atoms with E-state index in [0.717, 1.165) is 32.2 Å². The number of nitrogens with zero attached hydrogens (tertiary/aromatic N) is 2. The number of aliphatic imine (C=N–C) groups is 1. The molecular weight excluding hydrogens is 208 g/mol. The zero-order valence-corrected chi connectivity index (χ0v) is 11.0. The van der Waals surface area contributed by atoms with Crippen LogP contribution in [0.15, 0.2) is 17.1 Å². The van der Waals surface area contributed by atoms with Gasteiger partial charge in [-0.05, 0) is 37.8 Å². The van der Waals surface area contributed by atoms with Crippen molar-refractivity contribution in [2.75, 3.05) is 6.54 Å². The molecule has 1 aromatic rings. The van der Waals surface area contributed by atoms with Gasteiger partial charge in [-0.2, -0.15) is 0 Å². The first-order valence-electron chi connectivity index (χ1n) is 6.87. The van der Waals surface area contributed by atoms with E-state index >= 15 is 0 Å². The highest BCUT2D eigenvalue weighted by molar-refractivity contribution is 6.02. The molecule has 0 saturated heterocycles. The number of hydrogen-bond acceptors (Lipinski definition) is 2. The predicted molar refractivity (Wildman–Crippen MR) is 72.9 cm³/mol. The minimum Gasteiger partial charge on any atom is -0.289 e. The van der Waals surface area contributed by atoms with E-state index in [1.807, 2.05) is 0 Å². The van der Waals surface area contributed by atoms with Crippen molar-refractivity contribution in [1.82, 2.24) is 4.98 Å². The fourth-order valence-corrected chi connectivity index (χ4v) is 2.39.